The van der Waals surface area contributed by atoms with Gasteiger partial charge in [-0.2, -0.15) is 4.68 Å². The van der Waals surface area contributed by atoms with Gasteiger partial charge in [0.05, 0.1) is 17.9 Å². The molecule has 2 aromatic carbocycles. The summed E-state index contributed by atoms with van der Waals surface area (Å²) in [6, 6.07) is 16.2. The molecular formula is C19H16ClN5O2. The molecule has 3 aromatic rings. The van der Waals surface area contributed by atoms with Crippen molar-refractivity contribution in [2.24, 2.45) is 0 Å². The fraction of sp³-hybridized carbons (Fsp3) is 0.158. The number of carbonyl (C=O) groups is 1. The van der Waals surface area contributed by atoms with Gasteiger partial charge in [-0.25, -0.2) is 4.79 Å². The van der Waals surface area contributed by atoms with Gasteiger partial charge < -0.3 is 10.1 Å². The van der Waals surface area contributed by atoms with Crippen LogP contribution in [0.15, 0.2) is 60.2 Å². The van der Waals surface area contributed by atoms with Gasteiger partial charge in [0, 0.05) is 10.6 Å². The number of benzene rings is 2. The number of tetrazole rings is 1. The minimum Gasteiger partial charge on any atom is -0.463 e. The van der Waals surface area contributed by atoms with Crippen LogP contribution in [0, 0.1) is 0 Å². The first kappa shape index (κ1) is 17.2. The molecule has 8 heteroatoms. The van der Waals surface area contributed by atoms with E-state index in [0.29, 0.717) is 27.8 Å². The third kappa shape index (κ3) is 3.06. The van der Waals surface area contributed by atoms with Crippen molar-refractivity contribution in [2.45, 2.75) is 13.0 Å². The standard InChI is InChI=1S/C19H16ClN5O2/c1-2-27-18(26)15-16(12-8-4-3-5-9-12)21-19-22-23-24-25(19)17(15)13-10-6-7-11-14(13)20/h3-11,17H,2H2,1H3,(H,21,22,24)/t17-/m1/s1. The number of ether oxygens (including phenoxy) is 1. The van der Waals surface area contributed by atoms with Crippen molar-refractivity contribution >= 4 is 29.2 Å². The second-order valence-corrected chi connectivity index (χ2v) is 6.28. The highest BCUT2D eigenvalue weighted by Crippen LogP contribution is 2.40. The molecule has 1 aromatic heterocycles. The lowest BCUT2D eigenvalue weighted by Crippen LogP contribution is -2.30. The number of halogens is 1. The molecule has 0 aliphatic carbocycles. The Morgan fingerprint density at radius 3 is 2.67 bits per heavy atom. The molecule has 1 N–H and O–H groups in total. The third-order valence-electron chi connectivity index (χ3n) is 4.27. The van der Waals surface area contributed by atoms with Crippen LogP contribution < -0.4 is 5.32 Å². The average Bonchev–Trinajstić information content (AvgIpc) is 3.16. The molecule has 0 unspecified atom stereocenters. The second-order valence-electron chi connectivity index (χ2n) is 5.87. The van der Waals surface area contributed by atoms with Gasteiger partial charge in [0.25, 0.3) is 0 Å². The molecule has 2 heterocycles. The first-order valence-electron chi connectivity index (χ1n) is 8.46. The Labute approximate surface area is 160 Å². The van der Waals surface area contributed by atoms with Crippen LogP contribution in [-0.2, 0) is 9.53 Å². The number of esters is 1. The number of nitrogens with one attached hydrogen (secondary N) is 1. The van der Waals surface area contributed by atoms with E-state index in [1.807, 2.05) is 48.5 Å². The number of aromatic nitrogens is 4. The van der Waals surface area contributed by atoms with Gasteiger partial charge in [-0.3, -0.25) is 0 Å². The van der Waals surface area contributed by atoms with E-state index in [-0.39, 0.29) is 6.61 Å². The average molecular weight is 382 g/mol. The Bertz CT molecular complexity index is 1020. The summed E-state index contributed by atoms with van der Waals surface area (Å²) in [5.74, 6) is -0.0262. The predicted octanol–water partition coefficient (Wildman–Crippen LogP) is 3.32. The maximum atomic E-state index is 13.0. The number of nitrogens with zero attached hydrogens (tertiary/aromatic N) is 4. The number of hydrogen-bond acceptors (Lipinski definition) is 6. The van der Waals surface area contributed by atoms with Gasteiger partial charge in [0.15, 0.2) is 0 Å². The van der Waals surface area contributed by atoms with Crippen molar-refractivity contribution in [1.82, 2.24) is 20.2 Å². The summed E-state index contributed by atoms with van der Waals surface area (Å²) in [5, 5.41) is 15.5. The first-order valence-corrected chi connectivity index (χ1v) is 8.84. The zero-order valence-electron chi connectivity index (χ0n) is 14.5. The molecule has 4 rings (SSSR count). The lowest BCUT2D eigenvalue weighted by molar-refractivity contribution is -0.138. The van der Waals surface area contributed by atoms with Crippen molar-refractivity contribution in [2.75, 3.05) is 11.9 Å². The third-order valence-corrected chi connectivity index (χ3v) is 4.62. The summed E-state index contributed by atoms with van der Waals surface area (Å²) in [5.41, 5.74) is 2.54. The molecule has 1 aliphatic heterocycles. The quantitative estimate of drug-likeness (QED) is 0.698. The summed E-state index contributed by atoms with van der Waals surface area (Å²) in [7, 11) is 0. The molecule has 1 atom stereocenters. The molecule has 0 saturated carbocycles. The fourth-order valence-corrected chi connectivity index (χ4v) is 3.37. The molecule has 0 fully saturated rings. The molecule has 7 nitrogen and oxygen atoms in total. The number of hydrogen-bond donors (Lipinski definition) is 1. The Hall–Kier alpha value is -3.19. The summed E-state index contributed by atoms with van der Waals surface area (Å²) in [6.45, 7) is 2.02. The van der Waals surface area contributed by atoms with Gasteiger partial charge in [-0.1, -0.05) is 65.2 Å². The van der Waals surface area contributed by atoms with E-state index < -0.39 is 12.0 Å². The molecular weight excluding hydrogens is 366 g/mol. The normalized spacial score (nSPS) is 15.9. The maximum absolute atomic E-state index is 13.0. The molecule has 1 aliphatic rings. The van der Waals surface area contributed by atoms with Crippen LogP contribution in [0.4, 0.5) is 5.95 Å². The monoisotopic (exact) mass is 381 g/mol. The van der Waals surface area contributed by atoms with E-state index in [2.05, 4.69) is 20.8 Å². The van der Waals surface area contributed by atoms with E-state index in [9.17, 15) is 4.79 Å². The van der Waals surface area contributed by atoms with Crippen molar-refractivity contribution in [1.29, 1.82) is 0 Å². The Morgan fingerprint density at radius 1 is 1.19 bits per heavy atom. The SMILES string of the molecule is CCOC(=O)C1=C(c2ccccc2)Nc2nnnn2[C@@H]1c1ccccc1Cl. The van der Waals surface area contributed by atoms with Crippen molar-refractivity contribution in [3.8, 4) is 0 Å². The van der Waals surface area contributed by atoms with Gasteiger partial charge in [-0.05, 0) is 29.0 Å². The molecule has 0 radical (unpaired) electrons. The second kappa shape index (κ2) is 7.20. The minimum atomic E-state index is -0.612. The van der Waals surface area contributed by atoms with Crippen LogP contribution >= 0.6 is 11.6 Å². The maximum Gasteiger partial charge on any atom is 0.338 e. The predicted molar refractivity (Wildman–Crippen MR) is 101 cm³/mol. The highest BCUT2D eigenvalue weighted by atomic mass is 35.5. The van der Waals surface area contributed by atoms with Crippen LogP contribution in [0.5, 0.6) is 0 Å². The highest BCUT2D eigenvalue weighted by Gasteiger charge is 2.37. The minimum absolute atomic E-state index is 0.252. The van der Waals surface area contributed by atoms with Gasteiger partial charge in [0.2, 0.25) is 5.95 Å². The smallest absolute Gasteiger partial charge is 0.338 e. The Morgan fingerprint density at radius 2 is 1.93 bits per heavy atom. The van der Waals surface area contributed by atoms with Gasteiger partial charge in [0.1, 0.15) is 6.04 Å². The molecule has 27 heavy (non-hydrogen) atoms. The zero-order chi connectivity index (χ0) is 18.8. The Balaban J connectivity index is 1.99. The number of carbonyl (C=O) groups excluding carboxylic acids is 1. The number of fused-ring (bicyclic) bond motifs is 1. The Kier molecular flexibility index (Phi) is 4.60. The van der Waals surface area contributed by atoms with Gasteiger partial charge >= 0.3 is 5.97 Å². The van der Waals surface area contributed by atoms with Crippen LogP contribution in [0.25, 0.3) is 5.70 Å². The summed E-state index contributed by atoms with van der Waals surface area (Å²) >= 11 is 6.45. The number of anilines is 1. The van der Waals surface area contributed by atoms with Crippen molar-refractivity contribution < 1.29 is 9.53 Å². The van der Waals surface area contributed by atoms with Crippen molar-refractivity contribution in [3.05, 3.63) is 76.3 Å². The summed E-state index contributed by atoms with van der Waals surface area (Å²) in [4.78, 5) is 13.0. The molecule has 136 valence electrons. The van der Waals surface area contributed by atoms with E-state index in [1.54, 1.807) is 17.7 Å². The lowest BCUT2D eigenvalue weighted by atomic mass is 9.93. The largest absolute Gasteiger partial charge is 0.463 e. The summed E-state index contributed by atoms with van der Waals surface area (Å²) < 4.78 is 6.90. The van der Waals surface area contributed by atoms with E-state index in [1.165, 1.54) is 0 Å². The lowest BCUT2D eigenvalue weighted by Gasteiger charge is -2.29. The molecule has 0 saturated heterocycles. The van der Waals surface area contributed by atoms with Crippen LogP contribution in [-0.4, -0.2) is 32.8 Å². The van der Waals surface area contributed by atoms with Crippen LogP contribution in [0.1, 0.15) is 24.1 Å². The molecule has 0 amide bonds. The molecule has 0 spiro atoms. The van der Waals surface area contributed by atoms with Crippen LogP contribution in [0.3, 0.4) is 0 Å². The fourth-order valence-electron chi connectivity index (χ4n) is 3.13. The molecule has 0 bridgehead atoms. The van der Waals surface area contributed by atoms with Crippen molar-refractivity contribution in [3.63, 3.8) is 0 Å². The first-order chi connectivity index (χ1) is 13.2. The summed E-state index contributed by atoms with van der Waals surface area (Å²) in [6.07, 6.45) is 0. The highest BCUT2D eigenvalue weighted by molar-refractivity contribution is 6.31. The van der Waals surface area contributed by atoms with E-state index in [4.69, 9.17) is 16.3 Å². The number of rotatable bonds is 4. The topological polar surface area (TPSA) is 81.9 Å². The van der Waals surface area contributed by atoms with E-state index in [0.717, 1.165) is 5.56 Å². The van der Waals surface area contributed by atoms with Crippen LogP contribution in [0.2, 0.25) is 5.02 Å². The van der Waals surface area contributed by atoms with Gasteiger partial charge in [-0.15, -0.1) is 0 Å². The van der Waals surface area contributed by atoms with E-state index >= 15 is 0 Å². The zero-order valence-corrected chi connectivity index (χ0v) is 15.2.